The molecule has 1 unspecified atom stereocenters. The summed E-state index contributed by atoms with van der Waals surface area (Å²) in [5.74, 6) is -0.199. The van der Waals surface area contributed by atoms with Crippen LogP contribution in [0.2, 0.25) is 0 Å². The third-order valence-electron chi connectivity index (χ3n) is 3.40. The van der Waals surface area contributed by atoms with Crippen molar-refractivity contribution in [3.05, 3.63) is 34.1 Å². The Morgan fingerprint density at radius 1 is 1.59 bits per heavy atom. The Morgan fingerprint density at radius 3 is 3.00 bits per heavy atom. The van der Waals surface area contributed by atoms with Gasteiger partial charge in [-0.3, -0.25) is 4.79 Å². The number of nitrogens with one attached hydrogen (secondary N) is 1. The molecule has 1 atom stereocenters. The van der Waals surface area contributed by atoms with Crippen LogP contribution < -0.4 is 5.32 Å². The van der Waals surface area contributed by atoms with Crippen molar-refractivity contribution >= 4 is 21.7 Å². The van der Waals surface area contributed by atoms with Gasteiger partial charge in [0.15, 0.2) is 0 Å². The minimum Gasteiger partial charge on any atom is -0.316 e. The van der Waals surface area contributed by atoms with Gasteiger partial charge in [0.2, 0.25) is 0 Å². The third-order valence-corrected chi connectivity index (χ3v) is 3.89. The van der Waals surface area contributed by atoms with Crippen molar-refractivity contribution in [2.45, 2.75) is 19.8 Å². The van der Waals surface area contributed by atoms with Gasteiger partial charge in [-0.2, -0.15) is 0 Å². The minimum absolute atomic E-state index is 0.111. The second-order valence-electron chi connectivity index (χ2n) is 4.82. The summed E-state index contributed by atoms with van der Waals surface area (Å²) in [5, 5.41) is 3.18. The number of rotatable bonds is 3. The van der Waals surface area contributed by atoms with Gasteiger partial charge in [0.05, 0.1) is 0 Å². The SMILES string of the molecule is CC1(C(=O)Cc2cc(Br)ccc2F)CCNC1. The molecule has 1 aliphatic heterocycles. The summed E-state index contributed by atoms with van der Waals surface area (Å²) in [7, 11) is 0. The fourth-order valence-electron chi connectivity index (χ4n) is 2.12. The molecule has 1 aromatic carbocycles. The Hall–Kier alpha value is -0.740. The average molecular weight is 300 g/mol. The molecule has 92 valence electrons. The maximum Gasteiger partial charge on any atom is 0.144 e. The fraction of sp³-hybridized carbons (Fsp3) is 0.462. The number of hydrogen-bond acceptors (Lipinski definition) is 2. The van der Waals surface area contributed by atoms with Gasteiger partial charge in [-0.05, 0) is 36.7 Å². The van der Waals surface area contributed by atoms with Gasteiger partial charge in [0.25, 0.3) is 0 Å². The molecular formula is C13H15BrFNO. The Balaban J connectivity index is 2.15. The first-order chi connectivity index (χ1) is 8.01. The van der Waals surface area contributed by atoms with Crippen molar-refractivity contribution in [1.82, 2.24) is 5.32 Å². The van der Waals surface area contributed by atoms with E-state index in [0.717, 1.165) is 17.4 Å². The van der Waals surface area contributed by atoms with Crippen molar-refractivity contribution in [3.63, 3.8) is 0 Å². The van der Waals surface area contributed by atoms with E-state index in [4.69, 9.17) is 0 Å². The Bertz CT molecular complexity index is 441. The van der Waals surface area contributed by atoms with Crippen LogP contribution in [-0.4, -0.2) is 18.9 Å². The Kier molecular flexibility index (Phi) is 3.64. The molecule has 0 radical (unpaired) electrons. The maximum absolute atomic E-state index is 13.6. The Labute approximate surface area is 109 Å². The van der Waals surface area contributed by atoms with Gasteiger partial charge in [0.1, 0.15) is 11.6 Å². The van der Waals surface area contributed by atoms with Crippen LogP contribution in [0.25, 0.3) is 0 Å². The van der Waals surface area contributed by atoms with Crippen LogP contribution in [0.5, 0.6) is 0 Å². The molecule has 1 N–H and O–H groups in total. The number of ketones is 1. The quantitative estimate of drug-likeness (QED) is 0.930. The lowest BCUT2D eigenvalue weighted by Gasteiger charge is -2.20. The van der Waals surface area contributed by atoms with E-state index in [1.807, 2.05) is 6.92 Å². The lowest BCUT2D eigenvalue weighted by Crippen LogP contribution is -2.31. The molecule has 17 heavy (non-hydrogen) atoms. The predicted octanol–water partition coefficient (Wildman–Crippen LogP) is 2.70. The highest BCUT2D eigenvalue weighted by atomic mass is 79.9. The molecule has 2 rings (SSSR count). The molecule has 0 spiro atoms. The van der Waals surface area contributed by atoms with Gasteiger partial charge in [-0.25, -0.2) is 4.39 Å². The van der Waals surface area contributed by atoms with Crippen LogP contribution in [0.15, 0.2) is 22.7 Å². The van der Waals surface area contributed by atoms with Gasteiger partial charge < -0.3 is 5.32 Å². The molecule has 1 heterocycles. The van der Waals surface area contributed by atoms with Crippen LogP contribution in [0.1, 0.15) is 18.9 Å². The summed E-state index contributed by atoms with van der Waals surface area (Å²) < 4.78 is 14.4. The smallest absolute Gasteiger partial charge is 0.144 e. The molecule has 1 aliphatic rings. The van der Waals surface area contributed by atoms with Crippen LogP contribution in [0.3, 0.4) is 0 Å². The average Bonchev–Trinajstić information content (AvgIpc) is 2.72. The predicted molar refractivity (Wildman–Crippen MR) is 68.4 cm³/mol. The number of carbonyl (C=O) groups is 1. The van der Waals surface area contributed by atoms with E-state index in [9.17, 15) is 9.18 Å². The standard InChI is InChI=1S/C13H15BrFNO/c1-13(4-5-16-8-13)12(17)7-9-6-10(14)2-3-11(9)15/h2-3,6,16H,4-5,7-8H2,1H3. The second-order valence-corrected chi connectivity index (χ2v) is 5.74. The van der Waals surface area contributed by atoms with Crippen LogP contribution in [0, 0.1) is 11.2 Å². The van der Waals surface area contributed by atoms with Crippen molar-refractivity contribution in [2.24, 2.45) is 5.41 Å². The van der Waals surface area contributed by atoms with Crippen molar-refractivity contribution in [2.75, 3.05) is 13.1 Å². The number of halogens is 2. The molecular weight excluding hydrogens is 285 g/mol. The van der Waals surface area contributed by atoms with Crippen molar-refractivity contribution in [1.29, 1.82) is 0 Å². The van der Waals surface area contributed by atoms with Crippen molar-refractivity contribution < 1.29 is 9.18 Å². The maximum atomic E-state index is 13.6. The monoisotopic (exact) mass is 299 g/mol. The van der Waals surface area contributed by atoms with E-state index in [1.165, 1.54) is 6.07 Å². The highest BCUT2D eigenvalue weighted by molar-refractivity contribution is 9.10. The topological polar surface area (TPSA) is 29.1 Å². The van der Waals surface area contributed by atoms with Gasteiger partial charge in [-0.15, -0.1) is 0 Å². The molecule has 0 amide bonds. The second kappa shape index (κ2) is 4.86. The van der Waals surface area contributed by atoms with Gasteiger partial charge in [0, 0.05) is 22.9 Å². The van der Waals surface area contributed by atoms with E-state index in [-0.39, 0.29) is 23.4 Å². The minimum atomic E-state index is -0.339. The molecule has 1 fully saturated rings. The number of carbonyl (C=O) groups excluding carboxylic acids is 1. The molecule has 1 saturated heterocycles. The van der Waals surface area contributed by atoms with Gasteiger partial charge >= 0.3 is 0 Å². The summed E-state index contributed by atoms with van der Waals surface area (Å²) >= 11 is 3.29. The molecule has 0 aliphatic carbocycles. The van der Waals surface area contributed by atoms with E-state index >= 15 is 0 Å². The Morgan fingerprint density at radius 2 is 2.35 bits per heavy atom. The third kappa shape index (κ3) is 2.75. The summed E-state index contributed by atoms with van der Waals surface area (Å²) in [6, 6.07) is 4.71. The van der Waals surface area contributed by atoms with E-state index in [2.05, 4.69) is 21.2 Å². The van der Waals surface area contributed by atoms with Crippen LogP contribution >= 0.6 is 15.9 Å². The summed E-state index contributed by atoms with van der Waals surface area (Å²) in [4.78, 5) is 12.2. The van der Waals surface area contributed by atoms with E-state index in [0.29, 0.717) is 12.1 Å². The zero-order valence-electron chi connectivity index (χ0n) is 9.72. The fourth-order valence-corrected chi connectivity index (χ4v) is 2.53. The summed E-state index contributed by atoms with van der Waals surface area (Å²) in [5.41, 5.74) is 0.131. The first-order valence-electron chi connectivity index (χ1n) is 5.69. The van der Waals surface area contributed by atoms with Crippen LogP contribution in [-0.2, 0) is 11.2 Å². The summed E-state index contributed by atoms with van der Waals surface area (Å²) in [6.45, 7) is 3.51. The van der Waals surface area contributed by atoms with E-state index in [1.54, 1.807) is 12.1 Å². The highest BCUT2D eigenvalue weighted by Gasteiger charge is 2.35. The molecule has 2 nitrogen and oxygen atoms in total. The normalized spacial score (nSPS) is 23.9. The zero-order valence-corrected chi connectivity index (χ0v) is 11.3. The van der Waals surface area contributed by atoms with Crippen molar-refractivity contribution in [3.8, 4) is 0 Å². The number of benzene rings is 1. The molecule has 4 heteroatoms. The number of hydrogen-bond donors (Lipinski definition) is 1. The molecule has 0 aromatic heterocycles. The lowest BCUT2D eigenvalue weighted by molar-refractivity contribution is -0.126. The summed E-state index contributed by atoms with van der Waals surface area (Å²) in [6.07, 6.45) is 1.00. The van der Waals surface area contributed by atoms with Crippen LogP contribution in [0.4, 0.5) is 4.39 Å². The highest BCUT2D eigenvalue weighted by Crippen LogP contribution is 2.28. The van der Waals surface area contributed by atoms with E-state index < -0.39 is 0 Å². The molecule has 1 aromatic rings. The molecule has 0 bridgehead atoms. The largest absolute Gasteiger partial charge is 0.316 e. The first-order valence-corrected chi connectivity index (χ1v) is 6.48. The molecule has 0 saturated carbocycles. The van der Waals surface area contributed by atoms with Gasteiger partial charge in [-0.1, -0.05) is 22.9 Å². The first kappa shape index (κ1) is 12.7. The zero-order chi connectivity index (χ0) is 12.5. The number of Topliss-reactive ketones (excluding diaryl/α,β-unsaturated/α-hetero) is 1. The lowest BCUT2D eigenvalue weighted by atomic mass is 9.82.